The summed E-state index contributed by atoms with van der Waals surface area (Å²) in [6, 6.07) is 11.7. The van der Waals surface area contributed by atoms with Crippen molar-refractivity contribution >= 4 is 57.9 Å². The normalized spacial score (nSPS) is 15.2. The Hall–Kier alpha value is -2.35. The van der Waals surface area contributed by atoms with Crippen molar-refractivity contribution in [3.8, 4) is 11.5 Å². The van der Waals surface area contributed by atoms with Gasteiger partial charge in [0.2, 0.25) is 0 Å². The monoisotopic (exact) mass is 433 g/mol. The lowest BCUT2D eigenvalue weighted by Crippen LogP contribution is -2.27. The number of ether oxygens (including phenoxy) is 2. The molecule has 0 radical (unpaired) electrons. The summed E-state index contributed by atoms with van der Waals surface area (Å²) in [6.07, 6.45) is 1.73. The maximum atomic E-state index is 12.4. The van der Waals surface area contributed by atoms with Crippen LogP contribution in [0.25, 0.3) is 6.08 Å². The number of nitrogens with zero attached hydrogens (tertiary/aromatic N) is 1. The van der Waals surface area contributed by atoms with Crippen molar-refractivity contribution in [2.24, 2.45) is 0 Å². The molecule has 0 unspecified atom stereocenters. The molecule has 0 aliphatic carbocycles. The van der Waals surface area contributed by atoms with Crippen LogP contribution in [-0.4, -0.2) is 34.8 Å². The largest absolute Gasteiger partial charge is 0.493 e. The summed E-state index contributed by atoms with van der Waals surface area (Å²) in [7, 11) is 1.47. The van der Waals surface area contributed by atoms with Crippen molar-refractivity contribution < 1.29 is 19.1 Å². The Labute approximate surface area is 177 Å². The Kier molecular flexibility index (Phi) is 6.39. The second-order valence-electron chi connectivity index (χ2n) is 5.71. The second kappa shape index (κ2) is 8.77. The molecule has 0 N–H and O–H groups in total. The maximum Gasteiger partial charge on any atom is 0.345 e. The van der Waals surface area contributed by atoms with Crippen LogP contribution in [0.5, 0.6) is 11.5 Å². The molecule has 8 heteroatoms. The van der Waals surface area contributed by atoms with Crippen LogP contribution in [0.15, 0.2) is 47.4 Å². The molecule has 1 fully saturated rings. The number of hydrogen-bond acceptors (Lipinski definition) is 6. The van der Waals surface area contributed by atoms with E-state index in [0.29, 0.717) is 26.5 Å². The van der Waals surface area contributed by atoms with Gasteiger partial charge in [0.25, 0.3) is 5.91 Å². The van der Waals surface area contributed by atoms with Gasteiger partial charge in [-0.15, -0.1) is 0 Å². The molecular weight excluding hydrogens is 418 g/mol. The molecule has 3 rings (SSSR count). The van der Waals surface area contributed by atoms with E-state index in [1.54, 1.807) is 53.4 Å². The predicted octanol–water partition coefficient (Wildman–Crippen LogP) is 4.79. The summed E-state index contributed by atoms with van der Waals surface area (Å²) in [5.74, 6) is -0.0861. The van der Waals surface area contributed by atoms with Gasteiger partial charge in [-0.25, -0.2) is 4.79 Å². The number of esters is 1. The van der Waals surface area contributed by atoms with E-state index in [1.165, 1.54) is 18.9 Å². The number of likely N-dealkylation sites (N-methyl/N-ethyl adjacent to an activating group) is 1. The number of rotatable bonds is 5. The quantitative estimate of drug-likeness (QED) is 0.292. The van der Waals surface area contributed by atoms with Gasteiger partial charge in [0.15, 0.2) is 11.5 Å². The van der Waals surface area contributed by atoms with Gasteiger partial charge >= 0.3 is 5.97 Å². The molecule has 1 aliphatic heterocycles. The Morgan fingerprint density at radius 1 is 1.25 bits per heavy atom. The van der Waals surface area contributed by atoms with E-state index in [2.05, 4.69) is 0 Å². The summed E-state index contributed by atoms with van der Waals surface area (Å²) in [6.45, 7) is 2.40. The number of carbonyl (C=O) groups excluding carboxylic acids is 2. The van der Waals surface area contributed by atoms with Gasteiger partial charge in [0.05, 0.1) is 22.6 Å². The molecule has 2 aromatic carbocycles. The van der Waals surface area contributed by atoms with Crippen LogP contribution in [0.2, 0.25) is 5.02 Å². The molecule has 0 atom stereocenters. The summed E-state index contributed by atoms with van der Waals surface area (Å²) < 4.78 is 11.3. The molecule has 2 aromatic rings. The van der Waals surface area contributed by atoms with Crippen molar-refractivity contribution in [3.05, 3.63) is 63.5 Å². The predicted molar refractivity (Wildman–Crippen MR) is 115 cm³/mol. The van der Waals surface area contributed by atoms with Crippen molar-refractivity contribution in [1.29, 1.82) is 0 Å². The van der Waals surface area contributed by atoms with Crippen molar-refractivity contribution in [2.75, 3.05) is 13.7 Å². The van der Waals surface area contributed by atoms with Crippen LogP contribution in [0.1, 0.15) is 22.8 Å². The van der Waals surface area contributed by atoms with E-state index in [0.717, 1.165) is 5.56 Å². The van der Waals surface area contributed by atoms with E-state index >= 15 is 0 Å². The first-order valence-electron chi connectivity index (χ1n) is 8.34. The molecule has 28 heavy (non-hydrogen) atoms. The highest BCUT2D eigenvalue weighted by molar-refractivity contribution is 8.26. The zero-order chi connectivity index (χ0) is 20.3. The summed E-state index contributed by atoms with van der Waals surface area (Å²) in [5.41, 5.74) is 0.990. The number of benzene rings is 2. The zero-order valence-corrected chi connectivity index (χ0v) is 17.5. The van der Waals surface area contributed by atoms with Crippen LogP contribution >= 0.6 is 35.6 Å². The number of carbonyl (C=O) groups is 2. The standard InChI is InChI=1S/C20H16ClNO4S2/c1-3-22-18(23)17(28-20(22)27)11-12-8-9-15(16(10-12)25-2)26-19(24)13-6-4-5-7-14(13)21/h4-11H,3H2,1-2H3/b17-11+. The van der Waals surface area contributed by atoms with Gasteiger partial charge in [0, 0.05) is 6.54 Å². The second-order valence-corrected chi connectivity index (χ2v) is 7.79. The number of amides is 1. The molecule has 0 aromatic heterocycles. The lowest BCUT2D eigenvalue weighted by atomic mass is 10.1. The third-order valence-electron chi connectivity index (χ3n) is 3.97. The average Bonchev–Trinajstić information content (AvgIpc) is 2.95. The van der Waals surface area contributed by atoms with Crippen molar-refractivity contribution in [2.45, 2.75) is 6.92 Å². The minimum atomic E-state index is -0.583. The lowest BCUT2D eigenvalue weighted by molar-refractivity contribution is -0.121. The van der Waals surface area contributed by atoms with Gasteiger partial charge in [0.1, 0.15) is 4.32 Å². The van der Waals surface area contributed by atoms with Crippen molar-refractivity contribution in [3.63, 3.8) is 0 Å². The van der Waals surface area contributed by atoms with Gasteiger partial charge < -0.3 is 9.47 Å². The van der Waals surface area contributed by atoms with E-state index < -0.39 is 5.97 Å². The van der Waals surface area contributed by atoms with Crippen LogP contribution in [0.4, 0.5) is 0 Å². The fourth-order valence-corrected chi connectivity index (χ4v) is 4.16. The third kappa shape index (κ3) is 4.22. The minimum Gasteiger partial charge on any atom is -0.493 e. The maximum absolute atomic E-state index is 12.4. The minimum absolute atomic E-state index is 0.120. The van der Waals surface area contributed by atoms with Gasteiger partial charge in [-0.2, -0.15) is 0 Å². The zero-order valence-electron chi connectivity index (χ0n) is 15.1. The smallest absolute Gasteiger partial charge is 0.345 e. The molecule has 0 bridgehead atoms. The van der Waals surface area contributed by atoms with Crippen LogP contribution in [0.3, 0.4) is 0 Å². The Balaban J connectivity index is 1.84. The molecule has 5 nitrogen and oxygen atoms in total. The van der Waals surface area contributed by atoms with E-state index in [-0.39, 0.29) is 17.2 Å². The average molecular weight is 434 g/mol. The first-order valence-corrected chi connectivity index (χ1v) is 9.95. The van der Waals surface area contributed by atoms with Gasteiger partial charge in [-0.1, -0.05) is 53.8 Å². The molecule has 1 aliphatic rings. The van der Waals surface area contributed by atoms with E-state index in [4.69, 9.17) is 33.3 Å². The molecule has 1 saturated heterocycles. The molecule has 1 heterocycles. The number of thioether (sulfide) groups is 1. The topological polar surface area (TPSA) is 55.8 Å². The number of thiocarbonyl (C=S) groups is 1. The number of methoxy groups -OCH3 is 1. The highest BCUT2D eigenvalue weighted by atomic mass is 35.5. The highest BCUT2D eigenvalue weighted by Crippen LogP contribution is 2.35. The van der Waals surface area contributed by atoms with Crippen LogP contribution in [-0.2, 0) is 4.79 Å². The first kappa shape index (κ1) is 20.4. The van der Waals surface area contributed by atoms with Gasteiger partial charge in [-0.3, -0.25) is 9.69 Å². The molecular formula is C20H16ClNO4S2. The van der Waals surface area contributed by atoms with Gasteiger partial charge in [-0.05, 0) is 42.8 Å². The lowest BCUT2D eigenvalue weighted by Gasteiger charge is -2.11. The molecule has 0 spiro atoms. The Morgan fingerprint density at radius 2 is 2.00 bits per heavy atom. The van der Waals surface area contributed by atoms with E-state index in [9.17, 15) is 9.59 Å². The molecule has 144 valence electrons. The number of hydrogen-bond donors (Lipinski definition) is 0. The fourth-order valence-electron chi connectivity index (χ4n) is 2.56. The molecule has 1 amide bonds. The Morgan fingerprint density at radius 3 is 2.64 bits per heavy atom. The Bertz CT molecular complexity index is 990. The van der Waals surface area contributed by atoms with E-state index in [1.807, 2.05) is 6.92 Å². The summed E-state index contributed by atoms with van der Waals surface area (Å²) in [4.78, 5) is 26.8. The summed E-state index contributed by atoms with van der Waals surface area (Å²) in [5, 5.41) is 0.307. The van der Waals surface area contributed by atoms with Crippen molar-refractivity contribution in [1.82, 2.24) is 4.90 Å². The van der Waals surface area contributed by atoms with Crippen LogP contribution in [0, 0.1) is 0 Å². The first-order chi connectivity index (χ1) is 13.4. The number of halogens is 1. The summed E-state index contributed by atoms with van der Waals surface area (Å²) >= 11 is 12.5. The third-order valence-corrected chi connectivity index (χ3v) is 5.68. The SMILES string of the molecule is CCN1C(=O)/C(=C\c2ccc(OC(=O)c3ccccc3Cl)c(OC)c2)SC1=S. The molecule has 0 saturated carbocycles. The highest BCUT2D eigenvalue weighted by Gasteiger charge is 2.30. The van der Waals surface area contributed by atoms with Crippen LogP contribution < -0.4 is 9.47 Å². The fraction of sp³-hybridized carbons (Fsp3) is 0.150.